The number of hydrogen-bond acceptors (Lipinski definition) is 10. The molecule has 3 amide bonds. The van der Waals surface area contributed by atoms with E-state index in [0.717, 1.165) is 4.90 Å². The summed E-state index contributed by atoms with van der Waals surface area (Å²) >= 11 is 3.25. The second-order valence-corrected chi connectivity index (χ2v) is 9.13. The van der Waals surface area contributed by atoms with Gasteiger partial charge in [0, 0.05) is 16.1 Å². The summed E-state index contributed by atoms with van der Waals surface area (Å²) in [5.74, 6) is -0.327. The molecule has 2 aliphatic rings. The number of nitrogens with zero attached hydrogens (tertiary/aromatic N) is 2. The monoisotopic (exact) mass is 599 g/mol. The van der Waals surface area contributed by atoms with Crippen LogP contribution in [0.1, 0.15) is 27.4 Å². The lowest BCUT2D eigenvalue weighted by atomic mass is 10.1. The van der Waals surface area contributed by atoms with Gasteiger partial charge in [-0.05, 0) is 42.0 Å². The van der Waals surface area contributed by atoms with Crippen LogP contribution < -0.4 is 19.5 Å². The van der Waals surface area contributed by atoms with Gasteiger partial charge in [0.15, 0.2) is 11.5 Å². The molecule has 2 aliphatic heterocycles. The molecule has 200 valence electrons. The van der Waals surface area contributed by atoms with Gasteiger partial charge in [0.25, 0.3) is 5.91 Å². The number of rotatable bonds is 8. The number of amides is 3. The van der Waals surface area contributed by atoms with Gasteiger partial charge in [0.05, 0.1) is 18.6 Å². The van der Waals surface area contributed by atoms with Crippen LogP contribution in [0.2, 0.25) is 0 Å². The minimum absolute atomic E-state index is 0.0528. The summed E-state index contributed by atoms with van der Waals surface area (Å²) in [6.07, 6.45) is 1.29. The first-order valence-corrected chi connectivity index (χ1v) is 12.0. The predicted molar refractivity (Wildman–Crippen MR) is 135 cm³/mol. The number of methoxy groups -OCH3 is 1. The number of fused-ring (bicyclic) bond motifs is 1. The normalized spacial score (nSPS) is 15.0. The highest BCUT2D eigenvalue weighted by molar-refractivity contribution is 9.10. The van der Waals surface area contributed by atoms with E-state index in [2.05, 4.69) is 26.0 Å². The maximum Gasteiger partial charge on any atom is 0.373 e. The molecule has 3 heterocycles. The summed E-state index contributed by atoms with van der Waals surface area (Å²) in [5.41, 5.74) is 0.348. The lowest BCUT2D eigenvalue weighted by Gasteiger charge is -2.12. The molecule has 1 fully saturated rings. The van der Waals surface area contributed by atoms with E-state index < -0.39 is 22.8 Å². The zero-order valence-corrected chi connectivity index (χ0v) is 21.7. The van der Waals surface area contributed by atoms with Gasteiger partial charge in [-0.15, -0.1) is 0 Å². The van der Waals surface area contributed by atoms with E-state index >= 15 is 0 Å². The Hall–Kier alpha value is -4.85. The molecule has 0 unspecified atom stereocenters. The van der Waals surface area contributed by atoms with E-state index in [0.29, 0.717) is 21.5 Å². The average Bonchev–Trinajstić information content (AvgIpc) is 3.64. The number of benzene rings is 2. The van der Waals surface area contributed by atoms with E-state index in [9.17, 15) is 24.5 Å². The van der Waals surface area contributed by atoms with Gasteiger partial charge in [-0.25, -0.2) is 9.59 Å². The van der Waals surface area contributed by atoms with Crippen LogP contribution in [-0.4, -0.2) is 41.6 Å². The maximum absolute atomic E-state index is 13.1. The van der Waals surface area contributed by atoms with Crippen molar-refractivity contribution >= 4 is 45.6 Å². The van der Waals surface area contributed by atoms with E-state index in [1.807, 2.05) is 0 Å². The predicted octanol–water partition coefficient (Wildman–Crippen LogP) is 4.14. The molecule has 2 aromatic carbocycles. The number of furan rings is 1. The highest BCUT2D eigenvalue weighted by Crippen LogP contribution is 2.38. The molecule has 5 rings (SSSR count). The zero-order chi connectivity index (χ0) is 27.7. The van der Waals surface area contributed by atoms with Crippen molar-refractivity contribution in [2.24, 2.45) is 0 Å². The van der Waals surface area contributed by atoms with Crippen molar-refractivity contribution in [1.29, 1.82) is 0 Å². The van der Waals surface area contributed by atoms with Crippen LogP contribution in [0.15, 0.2) is 57.1 Å². The van der Waals surface area contributed by atoms with Crippen LogP contribution in [-0.2, 0) is 22.7 Å². The number of esters is 1. The van der Waals surface area contributed by atoms with Crippen LogP contribution in [0.5, 0.6) is 17.2 Å². The van der Waals surface area contributed by atoms with Crippen LogP contribution in [0.3, 0.4) is 0 Å². The van der Waals surface area contributed by atoms with Gasteiger partial charge in [0.1, 0.15) is 18.1 Å². The van der Waals surface area contributed by atoms with Gasteiger partial charge in [-0.2, -0.15) is 0 Å². The van der Waals surface area contributed by atoms with Gasteiger partial charge < -0.3 is 28.7 Å². The smallest absolute Gasteiger partial charge is 0.373 e. The van der Waals surface area contributed by atoms with Crippen molar-refractivity contribution in [3.63, 3.8) is 0 Å². The van der Waals surface area contributed by atoms with Crippen molar-refractivity contribution in [1.82, 2.24) is 10.2 Å². The Balaban J connectivity index is 1.41. The number of imide groups is 1. The fourth-order valence-corrected chi connectivity index (χ4v) is 4.35. The fraction of sp³-hybridized carbons (Fsp3) is 0.160. The Bertz CT molecular complexity index is 1550. The zero-order valence-electron chi connectivity index (χ0n) is 20.1. The van der Waals surface area contributed by atoms with Crippen LogP contribution >= 0.6 is 15.9 Å². The Morgan fingerprint density at radius 2 is 1.97 bits per heavy atom. The molecule has 0 bridgehead atoms. The van der Waals surface area contributed by atoms with Crippen molar-refractivity contribution in [3.05, 3.63) is 85.4 Å². The molecule has 0 radical (unpaired) electrons. The van der Waals surface area contributed by atoms with E-state index in [1.165, 1.54) is 37.5 Å². The van der Waals surface area contributed by atoms with Gasteiger partial charge in [-0.1, -0.05) is 22.0 Å². The second-order valence-electron chi connectivity index (χ2n) is 8.21. The second kappa shape index (κ2) is 10.5. The molecule has 0 saturated carbocycles. The maximum atomic E-state index is 13.1. The number of urea groups is 1. The van der Waals surface area contributed by atoms with Crippen LogP contribution in [0, 0.1) is 10.1 Å². The molecule has 1 saturated heterocycles. The molecule has 0 atom stereocenters. The van der Waals surface area contributed by atoms with Crippen LogP contribution in [0.25, 0.3) is 6.08 Å². The Morgan fingerprint density at radius 1 is 1.18 bits per heavy atom. The third-order valence-corrected chi connectivity index (χ3v) is 6.16. The summed E-state index contributed by atoms with van der Waals surface area (Å²) in [5, 5.41) is 14.3. The summed E-state index contributed by atoms with van der Waals surface area (Å²) in [6, 6.07) is 9.98. The summed E-state index contributed by atoms with van der Waals surface area (Å²) < 4.78 is 26.8. The Labute approximate surface area is 228 Å². The summed E-state index contributed by atoms with van der Waals surface area (Å²) in [7, 11) is 1.19. The molecule has 14 heteroatoms. The minimum Gasteiger partial charge on any atom is -0.482 e. The third-order valence-electron chi connectivity index (χ3n) is 5.70. The first-order valence-electron chi connectivity index (χ1n) is 11.2. The number of halogens is 1. The third kappa shape index (κ3) is 5.27. The molecular formula is C25H18BrN3O10. The minimum atomic E-state index is -0.741. The molecule has 0 spiro atoms. The van der Waals surface area contributed by atoms with Crippen LogP contribution in [0.4, 0.5) is 10.5 Å². The lowest BCUT2D eigenvalue weighted by Crippen LogP contribution is -2.30. The SMILES string of the molecule is COC(=O)c1ccc(CN2C(=O)N/C(=C\c3cc(Br)cc([N+](=O)[O-])c3OCc3ccc4c(c3)OCO4)C2=O)o1. The average molecular weight is 600 g/mol. The summed E-state index contributed by atoms with van der Waals surface area (Å²) in [4.78, 5) is 49.3. The number of hydrogen-bond donors (Lipinski definition) is 1. The van der Waals surface area contributed by atoms with Crippen molar-refractivity contribution < 1.29 is 42.7 Å². The molecular weight excluding hydrogens is 582 g/mol. The van der Waals surface area contributed by atoms with Gasteiger partial charge >= 0.3 is 17.7 Å². The summed E-state index contributed by atoms with van der Waals surface area (Å²) in [6.45, 7) is -0.216. The number of nitrogens with one attached hydrogen (secondary N) is 1. The number of carbonyl (C=O) groups is 3. The van der Waals surface area contributed by atoms with Gasteiger partial charge in [0.2, 0.25) is 18.3 Å². The topological polar surface area (TPSA) is 160 Å². The van der Waals surface area contributed by atoms with Crippen molar-refractivity contribution in [2.45, 2.75) is 13.2 Å². The highest BCUT2D eigenvalue weighted by Gasteiger charge is 2.35. The first kappa shape index (κ1) is 25.8. The van der Waals surface area contributed by atoms with E-state index in [4.69, 9.17) is 18.6 Å². The molecule has 3 aromatic rings. The van der Waals surface area contributed by atoms with E-state index in [-0.39, 0.29) is 54.2 Å². The molecule has 1 N–H and O–H groups in total. The Kier molecular flexibility index (Phi) is 6.94. The lowest BCUT2D eigenvalue weighted by molar-refractivity contribution is -0.386. The van der Waals surface area contributed by atoms with Crippen molar-refractivity contribution in [3.8, 4) is 17.2 Å². The molecule has 39 heavy (non-hydrogen) atoms. The number of nitro groups is 1. The molecule has 0 aliphatic carbocycles. The van der Waals surface area contributed by atoms with Gasteiger partial charge in [-0.3, -0.25) is 19.8 Å². The standard InChI is InChI=1S/C25H18BrN3O10/c1-35-24(31)20-5-3-16(39-20)10-28-23(30)17(27-25(28)32)8-14-7-15(26)9-18(29(33)34)22(14)36-11-13-2-4-19-21(6-13)38-12-37-19/h2-9H,10-12H2,1H3,(H,27,32)/b17-8-. The quantitative estimate of drug-likeness (QED) is 0.131. The fourth-order valence-electron chi connectivity index (χ4n) is 3.89. The van der Waals surface area contributed by atoms with E-state index in [1.54, 1.807) is 18.2 Å². The molecule has 13 nitrogen and oxygen atoms in total. The number of carbonyl (C=O) groups excluding carboxylic acids is 3. The largest absolute Gasteiger partial charge is 0.482 e. The highest BCUT2D eigenvalue weighted by atomic mass is 79.9. The number of ether oxygens (including phenoxy) is 4. The van der Waals surface area contributed by atoms with Crippen molar-refractivity contribution in [2.75, 3.05) is 13.9 Å². The Morgan fingerprint density at radius 3 is 2.74 bits per heavy atom. The molecule has 1 aromatic heterocycles. The first-order chi connectivity index (χ1) is 18.7. The number of nitro benzene ring substituents is 1.